The number of benzene rings is 7. The average Bonchev–Trinajstić information content (AvgIpc) is 3.64. The number of aromatic nitrogens is 1. The second kappa shape index (κ2) is 10.9. The van der Waals surface area contributed by atoms with Crippen LogP contribution in [0.2, 0.25) is 0 Å². The summed E-state index contributed by atoms with van der Waals surface area (Å²) in [4.78, 5) is 1.31. The third kappa shape index (κ3) is 4.60. The molecule has 0 bridgehead atoms. The molecule has 8 aromatic rings. The number of hydrogen-bond acceptors (Lipinski definition) is 0. The number of nitrogens with zero attached hydrogens (tertiary/aromatic N) is 1. The molecule has 1 aliphatic rings. The lowest BCUT2D eigenvalue weighted by atomic mass is 9.86. The Kier molecular flexibility index (Phi) is 6.50. The van der Waals surface area contributed by atoms with Crippen molar-refractivity contribution in [3.8, 4) is 39.1 Å². The summed E-state index contributed by atoms with van der Waals surface area (Å²) in [5.41, 5.74) is 16.4. The second-order valence-electron chi connectivity index (χ2n) is 14.0. The summed E-state index contributed by atoms with van der Waals surface area (Å²) in [6, 6.07) is 60.3. The van der Waals surface area contributed by atoms with Crippen molar-refractivity contribution in [3.63, 3.8) is 0 Å². The van der Waals surface area contributed by atoms with Crippen molar-refractivity contribution in [1.82, 2.24) is 4.57 Å². The molecule has 0 saturated carbocycles. The van der Waals surface area contributed by atoms with Gasteiger partial charge in [0.05, 0.1) is 16.6 Å². The van der Waals surface area contributed by atoms with E-state index < -0.39 is 0 Å². The maximum atomic E-state index is 2.41. The van der Waals surface area contributed by atoms with Crippen molar-refractivity contribution in [2.45, 2.75) is 26.2 Å². The number of rotatable bonds is 4. The van der Waals surface area contributed by atoms with Crippen LogP contribution in [0, 0.1) is 0 Å². The van der Waals surface area contributed by atoms with E-state index in [-0.39, 0.29) is 5.41 Å². The SMILES string of the molecule is CC(C)(C)c1ccc2c(c1)c1cc(-c3ccc4c(c3)-c3ccccc3[NH+]4c3cccc(-c4ccccc4)c3)ccc1n2-c1ccccc1. The van der Waals surface area contributed by atoms with Crippen molar-refractivity contribution in [3.05, 3.63) is 169 Å². The lowest BCUT2D eigenvalue weighted by molar-refractivity contribution is -0.677. The summed E-state index contributed by atoms with van der Waals surface area (Å²) >= 11 is 0. The minimum absolute atomic E-state index is 0.0646. The van der Waals surface area contributed by atoms with Crippen LogP contribution in [0.3, 0.4) is 0 Å². The van der Waals surface area contributed by atoms with Crippen LogP contribution < -0.4 is 4.90 Å². The Morgan fingerprint density at radius 3 is 1.83 bits per heavy atom. The molecule has 0 aliphatic carbocycles. The van der Waals surface area contributed by atoms with E-state index in [0.29, 0.717) is 0 Å². The van der Waals surface area contributed by atoms with Gasteiger partial charge in [-0.1, -0.05) is 106 Å². The first-order chi connectivity index (χ1) is 23.4. The third-order valence-corrected chi connectivity index (χ3v) is 10.0. The van der Waals surface area contributed by atoms with Crippen LogP contribution in [-0.2, 0) is 5.41 Å². The molecule has 0 fully saturated rings. The van der Waals surface area contributed by atoms with Gasteiger partial charge >= 0.3 is 0 Å². The highest BCUT2D eigenvalue weighted by molar-refractivity contribution is 6.11. The molecule has 7 aromatic carbocycles. The molecule has 0 spiro atoms. The Hall–Kier alpha value is -5.70. The van der Waals surface area contributed by atoms with Gasteiger partial charge in [0.15, 0.2) is 0 Å². The van der Waals surface area contributed by atoms with E-state index in [1.807, 2.05) is 0 Å². The summed E-state index contributed by atoms with van der Waals surface area (Å²) in [7, 11) is 0. The number of nitrogens with one attached hydrogen (secondary N) is 1. The summed E-state index contributed by atoms with van der Waals surface area (Å²) in [6.45, 7) is 6.88. The summed E-state index contributed by atoms with van der Waals surface area (Å²) in [5.74, 6) is 0. The van der Waals surface area contributed by atoms with Gasteiger partial charge in [-0.2, -0.15) is 0 Å². The lowest BCUT2D eigenvalue weighted by Gasteiger charge is -2.19. The van der Waals surface area contributed by atoms with Gasteiger partial charge in [0, 0.05) is 40.2 Å². The highest BCUT2D eigenvalue weighted by atomic mass is 15.2. The maximum Gasteiger partial charge on any atom is 0.149 e. The van der Waals surface area contributed by atoms with Crippen LogP contribution in [0.15, 0.2) is 164 Å². The summed E-state index contributed by atoms with van der Waals surface area (Å²) in [5, 5.41) is 2.58. The summed E-state index contributed by atoms with van der Waals surface area (Å²) < 4.78 is 2.41. The molecule has 230 valence electrons. The minimum Gasteiger partial charge on any atom is -0.309 e. The van der Waals surface area contributed by atoms with Crippen molar-refractivity contribution >= 4 is 38.9 Å². The molecule has 2 nitrogen and oxygen atoms in total. The van der Waals surface area contributed by atoms with Crippen LogP contribution in [0.4, 0.5) is 17.1 Å². The molecule has 1 atom stereocenters. The smallest absolute Gasteiger partial charge is 0.149 e. The van der Waals surface area contributed by atoms with Crippen LogP contribution in [0.1, 0.15) is 26.3 Å². The molecule has 0 saturated heterocycles. The number of para-hydroxylation sites is 2. The quantitative estimate of drug-likeness (QED) is 0.201. The summed E-state index contributed by atoms with van der Waals surface area (Å²) in [6.07, 6.45) is 0. The third-order valence-electron chi connectivity index (χ3n) is 10.0. The molecule has 2 heteroatoms. The Morgan fingerprint density at radius 2 is 1.04 bits per heavy atom. The molecular weight excluding hydrogens is 581 g/mol. The minimum atomic E-state index is 0.0646. The van der Waals surface area contributed by atoms with Gasteiger partial charge in [0.1, 0.15) is 17.1 Å². The largest absolute Gasteiger partial charge is 0.309 e. The van der Waals surface area contributed by atoms with Gasteiger partial charge in [-0.3, -0.25) is 0 Å². The number of hydrogen-bond donors (Lipinski definition) is 1. The van der Waals surface area contributed by atoms with E-state index in [4.69, 9.17) is 0 Å². The van der Waals surface area contributed by atoms with E-state index in [9.17, 15) is 0 Å². The first-order valence-electron chi connectivity index (χ1n) is 16.9. The Labute approximate surface area is 282 Å². The zero-order chi connectivity index (χ0) is 32.4. The van der Waals surface area contributed by atoms with E-state index in [1.54, 1.807) is 0 Å². The van der Waals surface area contributed by atoms with Crippen LogP contribution in [-0.4, -0.2) is 4.57 Å². The topological polar surface area (TPSA) is 9.37 Å². The van der Waals surface area contributed by atoms with E-state index in [1.165, 1.54) is 88.4 Å². The second-order valence-corrected chi connectivity index (χ2v) is 14.0. The molecule has 0 amide bonds. The van der Waals surface area contributed by atoms with Gasteiger partial charge in [0.2, 0.25) is 0 Å². The van der Waals surface area contributed by atoms with Gasteiger partial charge in [-0.15, -0.1) is 0 Å². The van der Waals surface area contributed by atoms with Gasteiger partial charge in [-0.05, 0) is 93.9 Å². The highest BCUT2D eigenvalue weighted by Crippen LogP contribution is 2.43. The monoisotopic (exact) mass is 617 g/mol. The van der Waals surface area contributed by atoms with Crippen LogP contribution in [0.5, 0.6) is 0 Å². The predicted octanol–water partition coefficient (Wildman–Crippen LogP) is 11.6. The van der Waals surface area contributed by atoms with Gasteiger partial charge < -0.3 is 4.57 Å². The molecular formula is C46H37N2+. The van der Waals surface area contributed by atoms with Gasteiger partial charge in [0.25, 0.3) is 0 Å². The Balaban J connectivity index is 1.20. The highest BCUT2D eigenvalue weighted by Gasteiger charge is 2.33. The standard InChI is InChI=1S/C46H36N2/c1-46(2,3)35-23-26-45-41(30-35)40-29-34(22-25-44(40)47(45)36-16-8-5-9-17-36)33-21-24-43-39(28-33)38-19-10-11-20-42(38)48(43)37-18-12-15-32(27-37)31-13-6-4-7-14-31/h4-30H,1-3H3/p+1. The van der Waals surface area contributed by atoms with Crippen molar-refractivity contribution in [2.24, 2.45) is 0 Å². The van der Waals surface area contributed by atoms with Gasteiger partial charge in [-0.25, -0.2) is 4.90 Å². The molecule has 48 heavy (non-hydrogen) atoms. The fourth-order valence-corrected chi connectivity index (χ4v) is 7.57. The fraction of sp³-hybridized carbons (Fsp3) is 0.0870. The molecule has 1 N–H and O–H groups in total. The lowest BCUT2D eigenvalue weighted by Crippen LogP contribution is -2.95. The average molecular weight is 618 g/mol. The maximum absolute atomic E-state index is 2.41. The van der Waals surface area contributed by atoms with Crippen LogP contribution in [0.25, 0.3) is 60.9 Å². The molecule has 0 radical (unpaired) electrons. The Morgan fingerprint density at radius 1 is 0.438 bits per heavy atom. The van der Waals surface area contributed by atoms with Crippen LogP contribution >= 0.6 is 0 Å². The zero-order valence-corrected chi connectivity index (χ0v) is 27.5. The molecule has 9 rings (SSSR count). The van der Waals surface area contributed by atoms with Crippen molar-refractivity contribution in [2.75, 3.05) is 0 Å². The van der Waals surface area contributed by atoms with Crippen molar-refractivity contribution in [1.29, 1.82) is 0 Å². The molecule has 1 aromatic heterocycles. The normalized spacial score (nSPS) is 13.9. The molecule has 1 unspecified atom stereocenters. The number of quaternary nitrogens is 1. The molecule has 1 aliphatic heterocycles. The van der Waals surface area contributed by atoms with Crippen molar-refractivity contribution < 1.29 is 4.90 Å². The first kappa shape index (κ1) is 28.5. The Bertz CT molecular complexity index is 2480. The molecule has 2 heterocycles. The predicted molar refractivity (Wildman–Crippen MR) is 202 cm³/mol. The first-order valence-corrected chi connectivity index (χ1v) is 16.9. The number of fused-ring (bicyclic) bond motifs is 6. The fourth-order valence-electron chi connectivity index (χ4n) is 7.57. The van der Waals surface area contributed by atoms with E-state index >= 15 is 0 Å². The van der Waals surface area contributed by atoms with E-state index in [0.717, 1.165) is 0 Å². The van der Waals surface area contributed by atoms with E-state index in [2.05, 4.69) is 189 Å². The zero-order valence-electron chi connectivity index (χ0n) is 27.5.